The summed E-state index contributed by atoms with van der Waals surface area (Å²) in [6, 6.07) is 9.02. The van der Waals surface area contributed by atoms with Crippen molar-refractivity contribution < 1.29 is 42.8 Å². The van der Waals surface area contributed by atoms with Gasteiger partial charge >= 0.3 is 5.97 Å². The van der Waals surface area contributed by atoms with Gasteiger partial charge in [0.25, 0.3) is 0 Å². The zero-order chi connectivity index (χ0) is 20.2. The van der Waals surface area contributed by atoms with Gasteiger partial charge in [-0.05, 0) is 43.7 Å². The van der Waals surface area contributed by atoms with Gasteiger partial charge in [-0.3, -0.25) is 9.59 Å². The van der Waals surface area contributed by atoms with E-state index in [1.54, 1.807) is 6.92 Å². The van der Waals surface area contributed by atoms with E-state index in [0.29, 0.717) is 6.04 Å². The van der Waals surface area contributed by atoms with Crippen molar-refractivity contribution in [3.8, 4) is 0 Å². The molecule has 0 radical (unpaired) electrons. The normalized spacial score (nSPS) is 44.6. The van der Waals surface area contributed by atoms with E-state index in [4.69, 9.17) is 4.74 Å². The number of piperidine rings is 1. The summed E-state index contributed by atoms with van der Waals surface area (Å²) in [5, 5.41) is 0. The summed E-state index contributed by atoms with van der Waals surface area (Å²) in [6.45, 7) is 4.04. The first kappa shape index (κ1) is 20.7. The summed E-state index contributed by atoms with van der Waals surface area (Å²) in [7, 11) is 3.96. The fraction of sp³-hybridized carbons (Fsp3) is 0.667. The van der Waals surface area contributed by atoms with Gasteiger partial charge in [-0.15, -0.1) is 0 Å². The van der Waals surface area contributed by atoms with Crippen LogP contribution in [0.15, 0.2) is 24.3 Å². The highest BCUT2D eigenvalue weighted by molar-refractivity contribution is 5.99. The van der Waals surface area contributed by atoms with Gasteiger partial charge in [-0.25, -0.2) is 0 Å². The van der Waals surface area contributed by atoms with Crippen molar-refractivity contribution in [2.24, 2.45) is 11.3 Å². The number of carbonyl (C=O) groups excluding carboxylic acids is 2. The number of para-hydroxylation sites is 1. The Morgan fingerprint density at radius 3 is 2.63 bits per heavy atom. The van der Waals surface area contributed by atoms with Crippen LogP contribution in [0.5, 0.6) is 0 Å². The molecule has 3 aliphatic heterocycles. The summed E-state index contributed by atoms with van der Waals surface area (Å²) in [5.41, 5.74) is 1.94. The highest BCUT2D eigenvalue weighted by atomic mass is 127. The quantitative estimate of drug-likeness (QED) is 0.297. The van der Waals surface area contributed by atoms with Gasteiger partial charge in [0, 0.05) is 24.4 Å². The van der Waals surface area contributed by atoms with Crippen molar-refractivity contribution in [3.63, 3.8) is 0 Å². The van der Waals surface area contributed by atoms with Crippen LogP contribution in [-0.2, 0) is 19.7 Å². The SMILES string of the molecule is COC(=O)C1CC23CCC[N+]4(C)CCC5(c6ccccc6N(C(C)=O)C15CC2)C34.[I-]. The van der Waals surface area contributed by atoms with Crippen LogP contribution in [0, 0.1) is 11.3 Å². The Kier molecular flexibility index (Phi) is 4.29. The lowest BCUT2D eigenvalue weighted by Crippen LogP contribution is -3.00. The molecule has 7 rings (SSSR count). The number of hydrogen-bond donors (Lipinski definition) is 0. The number of fused-ring (bicyclic) bond motifs is 3. The van der Waals surface area contributed by atoms with E-state index in [2.05, 4.69) is 30.1 Å². The van der Waals surface area contributed by atoms with E-state index in [1.807, 2.05) is 6.07 Å². The van der Waals surface area contributed by atoms with Crippen LogP contribution in [0.3, 0.4) is 0 Å². The predicted octanol–water partition coefficient (Wildman–Crippen LogP) is 0.0195. The van der Waals surface area contributed by atoms with Crippen LogP contribution in [0.1, 0.15) is 51.0 Å². The van der Waals surface area contributed by atoms with Crippen molar-refractivity contribution in [1.82, 2.24) is 0 Å². The molecule has 3 spiro atoms. The topological polar surface area (TPSA) is 46.6 Å². The summed E-state index contributed by atoms with van der Waals surface area (Å²) in [6.07, 6.45) is 6.42. The second-order valence-electron chi connectivity index (χ2n) is 10.6. The Hall–Kier alpha value is -1.15. The summed E-state index contributed by atoms with van der Waals surface area (Å²) in [5.74, 6) is -0.291. The maximum atomic E-state index is 13.3. The molecule has 3 aliphatic carbocycles. The molecule has 162 valence electrons. The number of benzene rings is 1. The first-order chi connectivity index (χ1) is 13.9. The standard InChI is InChI=1S/C24H31N2O3.HI/c1-16(27)25-19-8-5-4-7-17(19)23-12-14-26(2)13-6-9-22(21(23)26)10-11-24(23,25)18(15-22)20(28)29-3;/h4-5,7-8,18,21H,6,9-15H2,1-3H3;1H/q+1;/p-1. The molecule has 5 nitrogen and oxygen atoms in total. The van der Waals surface area contributed by atoms with Crippen molar-refractivity contribution in [2.45, 2.75) is 62.4 Å². The zero-order valence-electron chi connectivity index (χ0n) is 18.1. The Balaban J connectivity index is 0.00000193. The molecule has 0 aromatic heterocycles. The number of amides is 1. The third kappa shape index (κ3) is 1.95. The van der Waals surface area contributed by atoms with Crippen LogP contribution >= 0.6 is 0 Å². The van der Waals surface area contributed by atoms with E-state index >= 15 is 0 Å². The van der Waals surface area contributed by atoms with Gasteiger partial charge < -0.3 is 38.1 Å². The molecule has 3 saturated carbocycles. The predicted molar refractivity (Wildman–Crippen MR) is 109 cm³/mol. The minimum Gasteiger partial charge on any atom is -1.00 e. The second kappa shape index (κ2) is 6.21. The molecule has 2 saturated heterocycles. The van der Waals surface area contributed by atoms with Gasteiger partial charge in [-0.2, -0.15) is 0 Å². The fourth-order valence-corrected chi connectivity index (χ4v) is 9.45. The smallest absolute Gasteiger partial charge is 0.311 e. The van der Waals surface area contributed by atoms with Crippen molar-refractivity contribution in [3.05, 3.63) is 29.8 Å². The number of anilines is 1. The van der Waals surface area contributed by atoms with E-state index in [-0.39, 0.29) is 52.6 Å². The molecule has 2 bridgehead atoms. The maximum Gasteiger partial charge on any atom is 0.311 e. The Morgan fingerprint density at radius 1 is 1.13 bits per heavy atom. The van der Waals surface area contributed by atoms with Crippen molar-refractivity contribution in [1.29, 1.82) is 0 Å². The first-order valence-electron chi connectivity index (χ1n) is 11.2. The third-order valence-electron chi connectivity index (χ3n) is 9.82. The number of methoxy groups -OCH3 is 1. The number of quaternary nitrogens is 1. The summed E-state index contributed by atoms with van der Waals surface area (Å²) >= 11 is 0. The number of ether oxygens (including phenoxy) is 1. The van der Waals surface area contributed by atoms with Crippen LogP contribution in [0.2, 0.25) is 0 Å². The molecule has 6 heteroatoms. The number of esters is 1. The Labute approximate surface area is 195 Å². The molecule has 3 heterocycles. The molecule has 0 N–H and O–H groups in total. The first-order valence-corrected chi connectivity index (χ1v) is 11.2. The number of nitrogens with zero attached hydrogens (tertiary/aromatic N) is 2. The van der Waals surface area contributed by atoms with Crippen LogP contribution in [0.25, 0.3) is 0 Å². The lowest BCUT2D eigenvalue weighted by atomic mass is 9.38. The van der Waals surface area contributed by atoms with Crippen molar-refractivity contribution in [2.75, 3.05) is 32.1 Å². The van der Waals surface area contributed by atoms with Crippen molar-refractivity contribution >= 4 is 17.6 Å². The van der Waals surface area contributed by atoms with Gasteiger partial charge in [0.1, 0.15) is 6.04 Å². The average molecular weight is 522 g/mol. The van der Waals surface area contributed by atoms with E-state index in [1.165, 1.54) is 32.1 Å². The van der Waals surface area contributed by atoms with Gasteiger partial charge in [0.05, 0.1) is 44.1 Å². The largest absolute Gasteiger partial charge is 1.00 e. The Morgan fingerprint density at radius 2 is 1.90 bits per heavy atom. The van der Waals surface area contributed by atoms with Gasteiger partial charge in [0.2, 0.25) is 5.91 Å². The summed E-state index contributed by atoms with van der Waals surface area (Å²) in [4.78, 5) is 28.5. The molecule has 1 amide bonds. The highest BCUT2D eigenvalue weighted by Gasteiger charge is 2.85. The van der Waals surface area contributed by atoms with E-state index < -0.39 is 5.54 Å². The minimum absolute atomic E-state index is 0. The monoisotopic (exact) mass is 522 g/mol. The molecule has 30 heavy (non-hydrogen) atoms. The highest BCUT2D eigenvalue weighted by Crippen LogP contribution is 2.77. The molecule has 6 aliphatic rings. The minimum atomic E-state index is -0.477. The second-order valence-corrected chi connectivity index (χ2v) is 10.6. The number of rotatable bonds is 1. The molecule has 6 unspecified atom stereocenters. The van der Waals surface area contributed by atoms with Gasteiger partial charge in [-0.1, -0.05) is 18.2 Å². The number of hydrogen-bond acceptors (Lipinski definition) is 3. The third-order valence-corrected chi connectivity index (χ3v) is 9.82. The van der Waals surface area contributed by atoms with Crippen LogP contribution in [0.4, 0.5) is 5.69 Å². The molecular formula is C24H31IN2O3. The average Bonchev–Trinajstić information content (AvgIpc) is 3.19. The van der Waals surface area contributed by atoms with E-state index in [0.717, 1.165) is 42.4 Å². The fourth-order valence-electron chi connectivity index (χ4n) is 9.45. The molecular weight excluding hydrogens is 491 g/mol. The molecule has 1 aromatic rings. The lowest BCUT2D eigenvalue weighted by Gasteiger charge is -2.70. The van der Waals surface area contributed by atoms with E-state index in [9.17, 15) is 9.59 Å². The number of halogens is 1. The number of carbonyl (C=O) groups is 2. The lowest BCUT2D eigenvalue weighted by molar-refractivity contribution is -0.939. The van der Waals surface area contributed by atoms with Crippen LogP contribution in [-0.4, -0.2) is 55.2 Å². The number of likely N-dealkylation sites (N-methyl/N-ethyl adjacent to an activating group) is 1. The molecule has 5 fully saturated rings. The van der Waals surface area contributed by atoms with Crippen LogP contribution < -0.4 is 28.9 Å². The maximum absolute atomic E-state index is 13.3. The molecule has 1 aromatic carbocycles. The summed E-state index contributed by atoms with van der Waals surface area (Å²) < 4.78 is 6.50. The molecule has 6 atom stereocenters. The van der Waals surface area contributed by atoms with Gasteiger partial charge in [0.15, 0.2) is 0 Å². The zero-order valence-corrected chi connectivity index (χ0v) is 20.3. The Bertz CT molecular complexity index is 952.